The van der Waals surface area contributed by atoms with Crippen LogP contribution in [-0.2, 0) is 13.0 Å². The maximum absolute atomic E-state index is 6.34. The first-order chi connectivity index (χ1) is 15.9. The van der Waals surface area contributed by atoms with E-state index in [9.17, 15) is 0 Å². The van der Waals surface area contributed by atoms with Crippen LogP contribution in [0.2, 0.25) is 20.1 Å². The van der Waals surface area contributed by atoms with Gasteiger partial charge in [0.1, 0.15) is 5.82 Å². The van der Waals surface area contributed by atoms with E-state index in [0.717, 1.165) is 54.2 Å². The van der Waals surface area contributed by atoms with Crippen LogP contribution < -0.4 is 9.80 Å². The summed E-state index contributed by atoms with van der Waals surface area (Å²) in [6, 6.07) is 7.86. The van der Waals surface area contributed by atoms with Gasteiger partial charge in [-0.3, -0.25) is 0 Å². The molecule has 174 valence electrons. The Morgan fingerprint density at radius 2 is 1.27 bits per heavy atom. The van der Waals surface area contributed by atoms with Crippen molar-refractivity contribution in [2.75, 3.05) is 22.9 Å². The first kappa shape index (κ1) is 24.3. The Bertz CT molecular complexity index is 1190. The molecule has 1 aliphatic heterocycles. The van der Waals surface area contributed by atoms with Crippen LogP contribution >= 0.6 is 46.4 Å². The molecule has 0 N–H and O–H groups in total. The smallest absolute Gasteiger partial charge is 0.113 e. The fourth-order valence-corrected chi connectivity index (χ4v) is 5.39. The van der Waals surface area contributed by atoms with Gasteiger partial charge in [-0.2, -0.15) is 0 Å². The van der Waals surface area contributed by atoms with Crippen LogP contribution in [-0.4, -0.2) is 17.7 Å². The summed E-state index contributed by atoms with van der Waals surface area (Å²) in [6.07, 6.45) is 7.37. The molecule has 0 spiro atoms. The Morgan fingerprint density at radius 1 is 0.727 bits per heavy atom. The highest BCUT2D eigenvalue weighted by molar-refractivity contribution is 6.43. The van der Waals surface area contributed by atoms with Crippen LogP contribution in [0.25, 0.3) is 17.0 Å². The SMILES string of the molecule is CCc1c(/C=C/C=C2N(CC)c3cc(Cl)c(Cl)cc3N2CC)n(CC)c2cc(Cl)c(Cl)cc12. The summed E-state index contributed by atoms with van der Waals surface area (Å²) in [5.41, 5.74) is 5.72. The molecule has 0 radical (unpaired) electrons. The largest absolute Gasteiger partial charge is 0.341 e. The van der Waals surface area contributed by atoms with Gasteiger partial charge in [0, 0.05) is 30.7 Å². The lowest BCUT2D eigenvalue weighted by Crippen LogP contribution is -2.27. The van der Waals surface area contributed by atoms with Gasteiger partial charge in [0.05, 0.1) is 37.0 Å². The Balaban J connectivity index is 1.80. The zero-order valence-electron chi connectivity index (χ0n) is 19.2. The van der Waals surface area contributed by atoms with Gasteiger partial charge in [0.25, 0.3) is 0 Å². The molecule has 0 saturated carbocycles. The fourth-order valence-electron chi connectivity index (χ4n) is 4.76. The molecule has 0 atom stereocenters. The van der Waals surface area contributed by atoms with Crippen LogP contribution in [0.5, 0.6) is 0 Å². The lowest BCUT2D eigenvalue weighted by molar-refractivity contribution is 0.784. The lowest BCUT2D eigenvalue weighted by atomic mass is 10.1. The van der Waals surface area contributed by atoms with Gasteiger partial charge in [0.15, 0.2) is 0 Å². The maximum Gasteiger partial charge on any atom is 0.113 e. The van der Waals surface area contributed by atoms with E-state index >= 15 is 0 Å². The second-order valence-corrected chi connectivity index (χ2v) is 9.50. The maximum atomic E-state index is 6.34. The van der Waals surface area contributed by atoms with Crippen molar-refractivity contribution in [3.8, 4) is 0 Å². The average Bonchev–Trinajstić information content (AvgIpc) is 3.24. The number of hydrogen-bond acceptors (Lipinski definition) is 2. The number of benzene rings is 2. The molecule has 7 heteroatoms. The Labute approximate surface area is 215 Å². The summed E-state index contributed by atoms with van der Waals surface area (Å²) in [5.74, 6) is 1.10. The van der Waals surface area contributed by atoms with Gasteiger partial charge in [-0.1, -0.05) is 59.4 Å². The van der Waals surface area contributed by atoms with E-state index in [0.29, 0.717) is 20.1 Å². The number of fused-ring (bicyclic) bond motifs is 2. The average molecular weight is 523 g/mol. The van der Waals surface area contributed by atoms with Crippen LogP contribution in [0, 0.1) is 0 Å². The second kappa shape index (κ2) is 9.84. The van der Waals surface area contributed by atoms with Crippen molar-refractivity contribution in [2.45, 2.75) is 40.7 Å². The zero-order valence-corrected chi connectivity index (χ0v) is 22.2. The van der Waals surface area contributed by atoms with Crippen molar-refractivity contribution in [3.63, 3.8) is 0 Å². The van der Waals surface area contributed by atoms with Gasteiger partial charge in [-0.25, -0.2) is 0 Å². The Morgan fingerprint density at radius 3 is 1.79 bits per heavy atom. The fraction of sp³-hybridized carbons (Fsp3) is 0.308. The van der Waals surface area contributed by atoms with Crippen LogP contribution in [0.4, 0.5) is 11.4 Å². The topological polar surface area (TPSA) is 11.4 Å². The second-order valence-electron chi connectivity index (χ2n) is 7.87. The standard InChI is InChI=1S/C26H27Cl4N3/c1-5-16-17-12-18(27)19(28)13-23(17)31(6-2)22(16)10-9-11-26-32(7-3)24-14-20(29)21(30)15-25(24)33(26)8-4/h9-15H,5-8H2,1-4H3/b10-9+. The minimum Gasteiger partial charge on any atom is -0.341 e. The van der Waals surface area contributed by atoms with E-state index in [1.807, 2.05) is 24.3 Å². The molecule has 3 aromatic rings. The highest BCUT2D eigenvalue weighted by Crippen LogP contribution is 2.45. The van der Waals surface area contributed by atoms with Crippen molar-refractivity contribution < 1.29 is 0 Å². The molecule has 0 aliphatic carbocycles. The Kier molecular flexibility index (Phi) is 7.26. The van der Waals surface area contributed by atoms with Crippen molar-refractivity contribution in [1.29, 1.82) is 0 Å². The first-order valence-corrected chi connectivity index (χ1v) is 12.8. The summed E-state index contributed by atoms with van der Waals surface area (Å²) in [6.45, 7) is 11.1. The molecule has 3 nitrogen and oxygen atoms in total. The molecule has 2 aromatic carbocycles. The molecule has 0 amide bonds. The monoisotopic (exact) mass is 521 g/mol. The molecule has 4 rings (SSSR count). The minimum absolute atomic E-state index is 0.569. The highest BCUT2D eigenvalue weighted by atomic mass is 35.5. The van der Waals surface area contributed by atoms with Crippen molar-refractivity contribution in [3.05, 3.63) is 73.6 Å². The molecular formula is C26H27Cl4N3. The third-order valence-corrected chi connectivity index (χ3v) is 7.65. The molecule has 33 heavy (non-hydrogen) atoms. The number of anilines is 2. The molecule has 0 unspecified atom stereocenters. The number of hydrogen-bond donors (Lipinski definition) is 0. The number of aromatic nitrogens is 1. The lowest BCUT2D eigenvalue weighted by Gasteiger charge is -2.23. The molecule has 0 bridgehead atoms. The van der Waals surface area contributed by atoms with Crippen LogP contribution in [0.1, 0.15) is 39.0 Å². The van der Waals surface area contributed by atoms with Crippen molar-refractivity contribution >= 4 is 74.8 Å². The number of halogens is 4. The van der Waals surface area contributed by atoms with Gasteiger partial charge in [-0.05, 0) is 69.2 Å². The molecule has 1 aliphatic rings. The molecule has 1 aromatic heterocycles. The van der Waals surface area contributed by atoms with E-state index < -0.39 is 0 Å². The molecule has 2 heterocycles. The third kappa shape index (κ3) is 4.14. The molecule has 0 saturated heterocycles. The number of allylic oxidation sites excluding steroid dienone is 2. The van der Waals surface area contributed by atoms with E-state index in [1.54, 1.807) is 0 Å². The normalized spacial score (nSPS) is 13.6. The zero-order chi connectivity index (χ0) is 23.9. The van der Waals surface area contributed by atoms with Crippen molar-refractivity contribution in [1.82, 2.24) is 4.57 Å². The third-order valence-electron chi connectivity index (χ3n) is 6.21. The molecular weight excluding hydrogens is 496 g/mol. The quantitative estimate of drug-likeness (QED) is 0.319. The summed E-state index contributed by atoms with van der Waals surface area (Å²) in [4.78, 5) is 4.53. The summed E-state index contributed by atoms with van der Waals surface area (Å²) in [7, 11) is 0. The van der Waals surface area contributed by atoms with E-state index in [-0.39, 0.29) is 0 Å². The number of rotatable bonds is 6. The first-order valence-electron chi connectivity index (χ1n) is 11.3. The van der Waals surface area contributed by atoms with Crippen LogP contribution in [0.3, 0.4) is 0 Å². The summed E-state index contributed by atoms with van der Waals surface area (Å²) >= 11 is 25.3. The van der Waals surface area contributed by atoms with E-state index in [2.05, 4.69) is 60.3 Å². The number of aryl methyl sites for hydroxylation is 2. The summed E-state index contributed by atoms with van der Waals surface area (Å²) < 4.78 is 2.30. The summed E-state index contributed by atoms with van der Waals surface area (Å²) in [5, 5.41) is 3.46. The van der Waals surface area contributed by atoms with E-state index in [4.69, 9.17) is 46.4 Å². The highest BCUT2D eigenvalue weighted by Gasteiger charge is 2.30. The van der Waals surface area contributed by atoms with Gasteiger partial charge < -0.3 is 14.4 Å². The van der Waals surface area contributed by atoms with Crippen molar-refractivity contribution in [2.24, 2.45) is 0 Å². The minimum atomic E-state index is 0.569. The van der Waals surface area contributed by atoms with Crippen LogP contribution in [0.15, 0.2) is 42.2 Å². The van der Waals surface area contributed by atoms with Gasteiger partial charge >= 0.3 is 0 Å². The van der Waals surface area contributed by atoms with Gasteiger partial charge in [-0.15, -0.1) is 0 Å². The van der Waals surface area contributed by atoms with Gasteiger partial charge in [0.2, 0.25) is 0 Å². The predicted octanol–water partition coefficient (Wildman–Crippen LogP) is 9.06. The Hall–Kier alpha value is -1.78. The number of nitrogens with zero attached hydrogens (tertiary/aromatic N) is 3. The predicted molar refractivity (Wildman–Crippen MR) is 147 cm³/mol. The van der Waals surface area contributed by atoms with E-state index in [1.165, 1.54) is 11.3 Å². The molecule has 0 fully saturated rings.